The summed E-state index contributed by atoms with van der Waals surface area (Å²) in [6, 6.07) is 0. The zero-order chi connectivity index (χ0) is 9.14. The van der Waals surface area contributed by atoms with Gasteiger partial charge in [-0.15, -0.1) is 0 Å². The predicted molar refractivity (Wildman–Crippen MR) is 53.2 cm³/mol. The first kappa shape index (κ1) is 10.2. The summed E-state index contributed by atoms with van der Waals surface area (Å²) in [4.78, 5) is 10.7. The van der Waals surface area contributed by atoms with Crippen LogP contribution in [0.4, 0.5) is 0 Å². The van der Waals surface area contributed by atoms with Crippen LogP contribution in [-0.2, 0) is 9.53 Å². The molecule has 70 valence electrons. The van der Waals surface area contributed by atoms with Crippen molar-refractivity contribution in [3.63, 3.8) is 0 Å². The Kier molecular flexibility index (Phi) is 3.77. The number of alkyl halides is 1. The van der Waals surface area contributed by atoms with Crippen LogP contribution in [0.3, 0.4) is 0 Å². The SMILES string of the molecule is CC(=O)O[C@@H]1[C@H](O)CCC[C@H]1I. The van der Waals surface area contributed by atoms with Crippen LogP contribution in [-0.4, -0.2) is 27.2 Å². The van der Waals surface area contributed by atoms with Gasteiger partial charge in [-0.2, -0.15) is 0 Å². The van der Waals surface area contributed by atoms with Crippen molar-refractivity contribution in [2.45, 2.75) is 42.3 Å². The Hall–Kier alpha value is 0.160. The molecule has 0 aliphatic heterocycles. The van der Waals surface area contributed by atoms with E-state index in [-0.39, 0.29) is 16.0 Å². The molecule has 0 radical (unpaired) electrons. The summed E-state index contributed by atoms with van der Waals surface area (Å²) in [7, 11) is 0. The van der Waals surface area contributed by atoms with Gasteiger partial charge in [-0.05, 0) is 19.3 Å². The molecule has 0 spiro atoms. The smallest absolute Gasteiger partial charge is 0.303 e. The summed E-state index contributed by atoms with van der Waals surface area (Å²) in [5, 5.41) is 9.51. The minimum Gasteiger partial charge on any atom is -0.459 e. The summed E-state index contributed by atoms with van der Waals surface area (Å²) in [5.74, 6) is -0.303. The maximum Gasteiger partial charge on any atom is 0.303 e. The number of hydrogen-bond donors (Lipinski definition) is 1. The van der Waals surface area contributed by atoms with E-state index in [9.17, 15) is 9.90 Å². The standard InChI is InChI=1S/C8H13IO3/c1-5(10)12-8-6(9)3-2-4-7(8)11/h6-8,11H,2-4H2,1H3/t6-,7-,8+/m1/s1. The first-order chi connectivity index (χ1) is 5.61. The van der Waals surface area contributed by atoms with Gasteiger partial charge in [0.15, 0.2) is 0 Å². The number of halogens is 1. The zero-order valence-electron chi connectivity index (χ0n) is 7.00. The Balaban J connectivity index is 2.50. The van der Waals surface area contributed by atoms with Crippen molar-refractivity contribution in [1.29, 1.82) is 0 Å². The molecule has 1 saturated carbocycles. The molecule has 4 heteroatoms. The lowest BCUT2D eigenvalue weighted by Crippen LogP contribution is -2.41. The average Bonchev–Trinajstić information content (AvgIpc) is 1.97. The van der Waals surface area contributed by atoms with Gasteiger partial charge < -0.3 is 9.84 Å². The quantitative estimate of drug-likeness (QED) is 0.448. The number of ether oxygens (including phenoxy) is 1. The Morgan fingerprint density at radius 2 is 2.25 bits per heavy atom. The lowest BCUT2D eigenvalue weighted by Gasteiger charge is -2.31. The van der Waals surface area contributed by atoms with Crippen molar-refractivity contribution in [2.75, 3.05) is 0 Å². The molecule has 1 N–H and O–H groups in total. The van der Waals surface area contributed by atoms with E-state index in [0.29, 0.717) is 0 Å². The second kappa shape index (κ2) is 4.41. The van der Waals surface area contributed by atoms with Gasteiger partial charge in [-0.25, -0.2) is 0 Å². The van der Waals surface area contributed by atoms with E-state index < -0.39 is 6.10 Å². The molecule has 1 rings (SSSR count). The summed E-state index contributed by atoms with van der Waals surface area (Å²) in [6.45, 7) is 1.38. The lowest BCUT2D eigenvalue weighted by molar-refractivity contribution is -0.153. The number of esters is 1. The van der Waals surface area contributed by atoms with Gasteiger partial charge in [-0.3, -0.25) is 4.79 Å². The molecule has 3 atom stereocenters. The number of aliphatic hydroxyl groups is 1. The number of hydrogen-bond acceptors (Lipinski definition) is 3. The van der Waals surface area contributed by atoms with Crippen molar-refractivity contribution in [3.8, 4) is 0 Å². The highest BCUT2D eigenvalue weighted by atomic mass is 127. The minimum absolute atomic E-state index is 0.259. The third-order valence-corrected chi connectivity index (χ3v) is 3.35. The molecule has 0 aromatic heterocycles. The normalized spacial score (nSPS) is 36.1. The number of carbonyl (C=O) groups is 1. The summed E-state index contributed by atoms with van der Waals surface area (Å²) < 4.78 is 5.28. The minimum atomic E-state index is -0.468. The Labute approximate surface area is 85.6 Å². The number of rotatable bonds is 1. The first-order valence-corrected chi connectivity index (χ1v) is 5.35. The number of carbonyl (C=O) groups excluding carboxylic acids is 1. The van der Waals surface area contributed by atoms with E-state index in [1.165, 1.54) is 6.92 Å². The zero-order valence-corrected chi connectivity index (χ0v) is 9.15. The molecule has 0 heterocycles. The fraction of sp³-hybridized carbons (Fsp3) is 0.875. The van der Waals surface area contributed by atoms with Gasteiger partial charge >= 0.3 is 5.97 Å². The van der Waals surface area contributed by atoms with Crippen LogP contribution >= 0.6 is 22.6 Å². The Morgan fingerprint density at radius 1 is 1.58 bits per heavy atom. The molecule has 3 nitrogen and oxygen atoms in total. The third-order valence-electron chi connectivity index (χ3n) is 2.02. The fourth-order valence-electron chi connectivity index (χ4n) is 1.44. The van der Waals surface area contributed by atoms with Crippen molar-refractivity contribution >= 4 is 28.6 Å². The van der Waals surface area contributed by atoms with E-state index in [2.05, 4.69) is 22.6 Å². The predicted octanol–water partition coefficient (Wildman–Crippen LogP) is 1.27. The molecule has 0 unspecified atom stereocenters. The van der Waals surface area contributed by atoms with Crippen LogP contribution in [0.15, 0.2) is 0 Å². The number of aliphatic hydroxyl groups excluding tert-OH is 1. The van der Waals surface area contributed by atoms with E-state index in [1.807, 2.05) is 0 Å². The Bertz CT molecular complexity index is 162. The van der Waals surface area contributed by atoms with E-state index in [0.717, 1.165) is 19.3 Å². The van der Waals surface area contributed by atoms with Gasteiger partial charge in [0, 0.05) is 6.92 Å². The summed E-state index contributed by atoms with van der Waals surface area (Å²) in [5.41, 5.74) is 0. The monoisotopic (exact) mass is 284 g/mol. The maximum absolute atomic E-state index is 10.7. The highest BCUT2D eigenvalue weighted by Crippen LogP contribution is 2.27. The molecule has 1 aliphatic rings. The van der Waals surface area contributed by atoms with Crippen molar-refractivity contribution < 1.29 is 14.6 Å². The molecule has 0 saturated heterocycles. The third kappa shape index (κ3) is 2.58. The maximum atomic E-state index is 10.7. The summed E-state index contributed by atoms with van der Waals surface area (Å²) in [6.07, 6.45) is 2.03. The molecule has 0 aromatic carbocycles. The van der Waals surface area contributed by atoms with E-state index in [4.69, 9.17) is 4.74 Å². The fourth-order valence-corrected chi connectivity index (χ4v) is 2.50. The van der Waals surface area contributed by atoms with Gasteiger partial charge in [0.25, 0.3) is 0 Å². The van der Waals surface area contributed by atoms with Gasteiger partial charge in [-0.1, -0.05) is 22.6 Å². The highest BCUT2D eigenvalue weighted by molar-refractivity contribution is 14.1. The molecular formula is C8H13IO3. The van der Waals surface area contributed by atoms with Crippen LogP contribution in [0.25, 0.3) is 0 Å². The van der Waals surface area contributed by atoms with Crippen LogP contribution < -0.4 is 0 Å². The largest absolute Gasteiger partial charge is 0.459 e. The summed E-state index contributed by atoms with van der Waals surface area (Å²) >= 11 is 2.23. The highest BCUT2D eigenvalue weighted by Gasteiger charge is 2.32. The van der Waals surface area contributed by atoms with Crippen molar-refractivity contribution in [3.05, 3.63) is 0 Å². The molecule has 0 bridgehead atoms. The van der Waals surface area contributed by atoms with Gasteiger partial charge in [0.1, 0.15) is 6.10 Å². The Morgan fingerprint density at radius 3 is 2.75 bits per heavy atom. The molecule has 0 aromatic rings. The molecular weight excluding hydrogens is 271 g/mol. The first-order valence-electron chi connectivity index (χ1n) is 4.10. The van der Waals surface area contributed by atoms with Gasteiger partial charge in [0.05, 0.1) is 10.0 Å². The van der Waals surface area contributed by atoms with Gasteiger partial charge in [0.2, 0.25) is 0 Å². The van der Waals surface area contributed by atoms with E-state index >= 15 is 0 Å². The van der Waals surface area contributed by atoms with Crippen molar-refractivity contribution in [1.82, 2.24) is 0 Å². The second-order valence-corrected chi connectivity index (χ2v) is 4.69. The molecule has 1 fully saturated rings. The van der Waals surface area contributed by atoms with Crippen LogP contribution in [0, 0.1) is 0 Å². The van der Waals surface area contributed by atoms with E-state index in [1.54, 1.807) is 0 Å². The lowest BCUT2D eigenvalue weighted by atomic mass is 9.95. The average molecular weight is 284 g/mol. The van der Waals surface area contributed by atoms with Crippen molar-refractivity contribution in [2.24, 2.45) is 0 Å². The van der Waals surface area contributed by atoms with Crippen LogP contribution in [0.1, 0.15) is 26.2 Å². The topological polar surface area (TPSA) is 46.5 Å². The second-order valence-electron chi connectivity index (χ2n) is 3.09. The van der Waals surface area contributed by atoms with Crippen LogP contribution in [0.5, 0.6) is 0 Å². The van der Waals surface area contributed by atoms with Crippen LogP contribution in [0.2, 0.25) is 0 Å². The molecule has 12 heavy (non-hydrogen) atoms. The molecule has 1 aliphatic carbocycles. The molecule has 0 amide bonds.